The SMILES string of the molecule is Cn1c2ccccc2c2cc([C@](O)(CC(=O)C[C@](O)(c3ccc4c(c3)c3ccccc3n4C)C(F)(F)F)C(F)(F)F)ccc21. The molecule has 0 aliphatic carbocycles. The number of carbonyl (C=O) groups is 1. The van der Waals surface area contributed by atoms with Crippen LogP contribution in [0.15, 0.2) is 84.9 Å². The molecule has 0 aliphatic heterocycles. The predicted molar refractivity (Wildman–Crippen MR) is 155 cm³/mol. The zero-order valence-corrected chi connectivity index (χ0v) is 23.5. The molecule has 2 N–H and O–H groups in total. The largest absolute Gasteiger partial charge is 0.421 e. The number of fused-ring (bicyclic) bond motifs is 6. The van der Waals surface area contributed by atoms with Gasteiger partial charge < -0.3 is 19.3 Å². The molecular formula is C33H26F6N2O3. The number of para-hydroxylation sites is 2. The molecule has 6 rings (SSSR count). The number of hydrogen-bond acceptors (Lipinski definition) is 3. The van der Waals surface area contributed by atoms with Gasteiger partial charge in [0.25, 0.3) is 0 Å². The predicted octanol–water partition coefficient (Wildman–Crippen LogP) is 7.53. The molecule has 0 unspecified atom stereocenters. The van der Waals surface area contributed by atoms with E-state index in [1.807, 2.05) is 0 Å². The summed E-state index contributed by atoms with van der Waals surface area (Å²) in [5, 5.41) is 24.0. The molecule has 0 bridgehead atoms. The smallest absolute Gasteiger partial charge is 0.376 e. The van der Waals surface area contributed by atoms with Crippen molar-refractivity contribution in [3.05, 3.63) is 96.1 Å². The Balaban J connectivity index is 1.41. The van der Waals surface area contributed by atoms with Crippen molar-refractivity contribution in [2.75, 3.05) is 0 Å². The Labute approximate surface area is 246 Å². The summed E-state index contributed by atoms with van der Waals surface area (Å²) in [6, 6.07) is 20.7. The highest BCUT2D eigenvalue weighted by Crippen LogP contribution is 2.47. The third kappa shape index (κ3) is 4.36. The summed E-state index contributed by atoms with van der Waals surface area (Å²) in [5.74, 6) is -1.62. The zero-order chi connectivity index (χ0) is 31.8. The number of nitrogens with zero attached hydrogens (tertiary/aromatic N) is 2. The normalized spacial score (nSPS) is 15.7. The number of aliphatic hydroxyl groups is 2. The molecule has 0 amide bonds. The van der Waals surface area contributed by atoms with E-state index in [-0.39, 0.29) is 0 Å². The second-order valence-corrected chi connectivity index (χ2v) is 11.2. The van der Waals surface area contributed by atoms with Crippen LogP contribution in [0.5, 0.6) is 0 Å². The molecule has 0 aliphatic rings. The first-order chi connectivity index (χ1) is 20.6. The van der Waals surface area contributed by atoms with Crippen LogP contribution in [-0.4, -0.2) is 37.5 Å². The fraction of sp³-hybridized carbons (Fsp3) is 0.242. The fourth-order valence-electron chi connectivity index (χ4n) is 6.22. The molecule has 0 saturated heterocycles. The first-order valence-electron chi connectivity index (χ1n) is 13.6. The van der Waals surface area contributed by atoms with Gasteiger partial charge in [0, 0.05) is 70.5 Å². The summed E-state index contributed by atoms with van der Waals surface area (Å²) in [6.07, 6.45) is -14.3. The molecule has 44 heavy (non-hydrogen) atoms. The van der Waals surface area contributed by atoms with Crippen molar-refractivity contribution in [3.63, 3.8) is 0 Å². The second kappa shape index (κ2) is 9.83. The van der Waals surface area contributed by atoms with E-state index in [0.29, 0.717) is 43.6 Å². The van der Waals surface area contributed by atoms with Gasteiger partial charge in [-0.25, -0.2) is 0 Å². The van der Waals surface area contributed by atoms with Crippen molar-refractivity contribution in [1.29, 1.82) is 0 Å². The first kappa shape index (κ1) is 29.7. The van der Waals surface area contributed by atoms with Crippen LogP contribution in [0.2, 0.25) is 0 Å². The highest BCUT2D eigenvalue weighted by atomic mass is 19.4. The molecule has 0 spiro atoms. The van der Waals surface area contributed by atoms with Crippen LogP contribution in [0, 0.1) is 0 Å². The Morgan fingerprint density at radius 3 is 1.27 bits per heavy atom. The van der Waals surface area contributed by atoms with E-state index in [2.05, 4.69) is 0 Å². The molecule has 5 nitrogen and oxygen atoms in total. The monoisotopic (exact) mass is 612 g/mol. The van der Waals surface area contributed by atoms with Crippen molar-refractivity contribution in [2.24, 2.45) is 14.1 Å². The molecule has 0 fully saturated rings. The number of benzene rings is 4. The van der Waals surface area contributed by atoms with Gasteiger partial charge in [0.05, 0.1) is 0 Å². The van der Waals surface area contributed by atoms with E-state index < -0.39 is 53.3 Å². The average Bonchev–Trinajstić information content (AvgIpc) is 3.42. The standard InChI is InChI=1S/C33H26F6N2O3/c1-40-26-9-5-3-7-22(26)24-15-19(11-13-28(24)40)30(43,32(34,35)36)17-21(42)18-31(44,33(37,38)39)20-12-14-29-25(16-20)23-8-4-6-10-27(23)41(29)2/h3-16,43-44H,17-18H2,1-2H3/t30-,31+. The molecule has 11 heteroatoms. The van der Waals surface area contributed by atoms with Gasteiger partial charge in [-0.15, -0.1) is 0 Å². The van der Waals surface area contributed by atoms with Gasteiger partial charge in [0.15, 0.2) is 11.2 Å². The number of ketones is 1. The Hall–Kier alpha value is -4.35. The number of Topliss-reactive ketones (excluding diaryl/α,β-unsaturated/α-hetero) is 1. The van der Waals surface area contributed by atoms with Gasteiger partial charge in [-0.3, -0.25) is 4.79 Å². The lowest BCUT2D eigenvalue weighted by molar-refractivity contribution is -0.274. The van der Waals surface area contributed by atoms with Crippen LogP contribution in [0.25, 0.3) is 43.6 Å². The minimum Gasteiger partial charge on any atom is -0.376 e. The average molecular weight is 613 g/mol. The van der Waals surface area contributed by atoms with Crippen LogP contribution in [0.3, 0.4) is 0 Å². The Morgan fingerprint density at radius 2 is 0.909 bits per heavy atom. The van der Waals surface area contributed by atoms with Gasteiger partial charge in [0.1, 0.15) is 5.78 Å². The van der Waals surface area contributed by atoms with Crippen molar-refractivity contribution < 1.29 is 41.4 Å². The summed E-state index contributed by atoms with van der Waals surface area (Å²) in [4.78, 5) is 13.1. The van der Waals surface area contributed by atoms with Gasteiger partial charge >= 0.3 is 12.4 Å². The van der Waals surface area contributed by atoms with E-state index >= 15 is 0 Å². The lowest BCUT2D eigenvalue weighted by Crippen LogP contribution is -2.47. The highest BCUT2D eigenvalue weighted by Gasteiger charge is 2.59. The van der Waals surface area contributed by atoms with Crippen LogP contribution in [-0.2, 0) is 30.1 Å². The molecule has 2 aromatic heterocycles. The summed E-state index contributed by atoms with van der Waals surface area (Å²) in [5.41, 5.74) is -6.50. The van der Waals surface area contributed by atoms with E-state index in [1.54, 1.807) is 71.8 Å². The summed E-state index contributed by atoms with van der Waals surface area (Å²) in [7, 11) is 3.44. The molecule has 0 saturated carbocycles. The van der Waals surface area contributed by atoms with Gasteiger partial charge in [-0.2, -0.15) is 26.3 Å². The summed E-state index contributed by atoms with van der Waals surface area (Å²) in [6.45, 7) is 0. The number of halogens is 6. The lowest BCUT2D eigenvalue weighted by atomic mass is 9.81. The number of aromatic nitrogens is 2. The minimum atomic E-state index is -5.43. The molecule has 0 radical (unpaired) electrons. The third-order valence-corrected chi connectivity index (χ3v) is 8.63. The summed E-state index contributed by atoms with van der Waals surface area (Å²) >= 11 is 0. The first-order valence-corrected chi connectivity index (χ1v) is 13.6. The van der Waals surface area contributed by atoms with Crippen LogP contribution >= 0.6 is 0 Å². The van der Waals surface area contributed by atoms with Crippen molar-refractivity contribution in [2.45, 2.75) is 36.4 Å². The topological polar surface area (TPSA) is 67.4 Å². The van der Waals surface area contributed by atoms with Crippen LogP contribution in [0.4, 0.5) is 26.3 Å². The number of alkyl halides is 6. The third-order valence-electron chi connectivity index (χ3n) is 8.63. The minimum absolute atomic E-state index is 0.367. The number of rotatable bonds is 6. The fourth-order valence-corrected chi connectivity index (χ4v) is 6.22. The maximum absolute atomic E-state index is 14.5. The number of hydrogen-bond donors (Lipinski definition) is 2. The van der Waals surface area contributed by atoms with Gasteiger partial charge in [0.2, 0.25) is 0 Å². The van der Waals surface area contributed by atoms with E-state index in [0.717, 1.165) is 24.3 Å². The number of carbonyl (C=O) groups excluding carboxylic acids is 1. The molecule has 4 aromatic carbocycles. The Morgan fingerprint density at radius 1 is 0.568 bits per heavy atom. The maximum atomic E-state index is 14.5. The quantitative estimate of drug-likeness (QED) is 0.191. The van der Waals surface area contributed by atoms with E-state index in [1.165, 1.54) is 12.1 Å². The van der Waals surface area contributed by atoms with Crippen LogP contribution in [0.1, 0.15) is 24.0 Å². The van der Waals surface area contributed by atoms with Crippen molar-refractivity contribution in [3.8, 4) is 0 Å². The Kier molecular flexibility index (Phi) is 6.64. The Bertz CT molecular complexity index is 1940. The number of aryl methyl sites for hydroxylation is 2. The molecular weight excluding hydrogens is 586 g/mol. The van der Waals surface area contributed by atoms with Crippen molar-refractivity contribution >= 4 is 49.4 Å². The van der Waals surface area contributed by atoms with E-state index in [9.17, 15) is 41.4 Å². The second-order valence-electron chi connectivity index (χ2n) is 11.2. The highest BCUT2D eigenvalue weighted by molar-refractivity contribution is 6.09. The van der Waals surface area contributed by atoms with Gasteiger partial charge in [-0.05, 0) is 47.5 Å². The molecule has 2 atom stereocenters. The van der Waals surface area contributed by atoms with Crippen LogP contribution < -0.4 is 0 Å². The van der Waals surface area contributed by atoms with Crippen molar-refractivity contribution in [1.82, 2.24) is 9.13 Å². The molecule has 2 heterocycles. The van der Waals surface area contributed by atoms with E-state index in [4.69, 9.17) is 0 Å². The lowest BCUT2D eigenvalue weighted by Gasteiger charge is -2.34. The summed E-state index contributed by atoms with van der Waals surface area (Å²) < 4.78 is 90.4. The van der Waals surface area contributed by atoms with Gasteiger partial charge in [-0.1, -0.05) is 48.5 Å². The zero-order valence-electron chi connectivity index (χ0n) is 23.5. The molecule has 6 aromatic rings. The molecule has 228 valence electrons. The maximum Gasteiger partial charge on any atom is 0.421 e.